The molecule has 0 radical (unpaired) electrons. The van der Waals surface area contributed by atoms with E-state index in [-0.39, 0.29) is 69.9 Å². The summed E-state index contributed by atoms with van der Waals surface area (Å²) in [5, 5.41) is 26.0. The Balaban J connectivity index is -0.000000121. The van der Waals surface area contributed by atoms with E-state index in [1.807, 2.05) is 0 Å². The maximum Gasteiger partial charge on any atom is 0.325 e. The number of nitrogens with two attached hydrogens (primary N) is 3. The first-order valence-corrected chi connectivity index (χ1v) is 31.3. The van der Waals surface area contributed by atoms with E-state index in [9.17, 15) is 8.96 Å². The molecule has 0 amide bonds. The number of alkyl halides is 1. The monoisotopic (exact) mass is 1170 g/mol. The van der Waals surface area contributed by atoms with Crippen molar-refractivity contribution in [3.63, 3.8) is 0 Å². The first-order valence-electron chi connectivity index (χ1n) is 29.3. The summed E-state index contributed by atoms with van der Waals surface area (Å²) in [6, 6.07) is 3.92. The Hall–Kier alpha value is -0.400. The highest BCUT2D eigenvalue weighted by Gasteiger charge is 2.33. The molecule has 17 heteroatoms. The van der Waals surface area contributed by atoms with Gasteiger partial charge in [-0.2, -0.15) is 0 Å². The molecular formula is C62H150FN10O5P. The standard InChI is InChI=1S/C8H18N2.C8H16.C7H15FN2.C7H18N2O.C7H16N2.C7H16NO3P.C7H14.C5H13NO.6CH4/c1-7(2)10-5-3-4-8(9)6-10;1-7(2)8-5-3-4-6-8;1-5(2)10-3-6(8)7(9)4-10;1-7(2)9-4-3-8-5-6-10;1-6(2)9-4-3-7(8)5-9;1-6(2)8-4-7(5-8)11-12(3,9)10;1-6(2)7-4-3-5-7;1-5(2)6-3-4-7;;;;;;/h7-8H,3-6,9H2,1-2H3;7-8H,3-6H2,1-2H3;5-7H,3-4,9H2,1-2H3;7-10H,3-6H2,1-2H3;6-7H,3-5,8H2,1-2H3;6-7H,4-5H2,1-3H3,(H,9,10);6-7H,3-5H2,1-2H3;5-7H,3-4H2,1-2H3;6*1H4. The SMILES string of the molecule is C.C.C.C.C.C.CC(C)C1CCC1.CC(C)C1CCCC1.CC(C)N1CC(N)C(F)C1.CC(C)N1CC(OP(C)(=O)O)C1.CC(C)N1CCC(N)C1.CC(C)N1CCCC(N)C1.CC(C)NCCNCCO.CC(C)NCCO. The molecule has 2 saturated carbocycles. The van der Waals surface area contributed by atoms with Crippen molar-refractivity contribution in [3.05, 3.63) is 0 Å². The number of piperidine rings is 1. The van der Waals surface area contributed by atoms with Crippen LogP contribution in [0.3, 0.4) is 0 Å². The quantitative estimate of drug-likeness (QED) is 0.0489. The molecule has 12 N–H and O–H groups in total. The van der Waals surface area contributed by atoms with Crippen molar-refractivity contribution in [2.45, 2.75) is 286 Å². The molecule has 490 valence electrons. The maximum atomic E-state index is 12.8. The molecule has 0 aromatic carbocycles. The van der Waals surface area contributed by atoms with Gasteiger partial charge in [0.2, 0.25) is 0 Å². The van der Waals surface area contributed by atoms with Crippen molar-refractivity contribution in [1.29, 1.82) is 0 Å². The van der Waals surface area contributed by atoms with Gasteiger partial charge in [-0.25, -0.2) is 4.39 Å². The highest BCUT2D eigenvalue weighted by Crippen LogP contribution is 2.40. The minimum absolute atomic E-state index is 0. The minimum atomic E-state index is -3.27. The van der Waals surface area contributed by atoms with Crippen molar-refractivity contribution < 1.29 is 28.6 Å². The Morgan fingerprint density at radius 3 is 1.15 bits per heavy atom. The molecule has 0 bridgehead atoms. The van der Waals surface area contributed by atoms with Gasteiger partial charge in [-0.1, -0.05) is 145 Å². The second-order valence-corrected chi connectivity index (χ2v) is 25.9. The largest absolute Gasteiger partial charge is 0.395 e. The van der Waals surface area contributed by atoms with Crippen LogP contribution >= 0.6 is 7.60 Å². The van der Waals surface area contributed by atoms with E-state index in [0.717, 1.165) is 62.9 Å². The van der Waals surface area contributed by atoms with E-state index in [2.05, 4.69) is 146 Å². The lowest BCUT2D eigenvalue weighted by molar-refractivity contribution is -0.00458. The number of likely N-dealkylation sites (tertiary alicyclic amines) is 4. The van der Waals surface area contributed by atoms with Gasteiger partial charge in [-0.3, -0.25) is 24.2 Å². The van der Waals surface area contributed by atoms with Crippen molar-refractivity contribution in [1.82, 2.24) is 35.6 Å². The van der Waals surface area contributed by atoms with Crippen LogP contribution in [0.15, 0.2) is 0 Å². The second-order valence-electron chi connectivity index (χ2n) is 24.1. The van der Waals surface area contributed by atoms with Crippen molar-refractivity contribution in [3.8, 4) is 0 Å². The van der Waals surface area contributed by atoms with E-state index < -0.39 is 13.8 Å². The smallest absolute Gasteiger partial charge is 0.325 e. The lowest BCUT2D eigenvalue weighted by Crippen LogP contribution is -2.54. The maximum absolute atomic E-state index is 12.8. The third-order valence-electron chi connectivity index (χ3n) is 14.4. The Morgan fingerprint density at radius 2 is 0.899 bits per heavy atom. The molecule has 79 heavy (non-hydrogen) atoms. The van der Waals surface area contributed by atoms with E-state index in [4.69, 9.17) is 36.8 Å². The van der Waals surface area contributed by atoms with Crippen LogP contribution in [0.2, 0.25) is 0 Å². The van der Waals surface area contributed by atoms with Crippen LogP contribution in [-0.2, 0) is 9.09 Å². The minimum Gasteiger partial charge on any atom is -0.395 e. The third kappa shape index (κ3) is 52.9. The Morgan fingerprint density at radius 1 is 0.506 bits per heavy atom. The second kappa shape index (κ2) is 55.5. The fraction of sp³-hybridized carbons (Fsp3) is 1.00. The van der Waals surface area contributed by atoms with E-state index in [1.54, 1.807) is 0 Å². The van der Waals surface area contributed by atoms with Gasteiger partial charge in [0.05, 0.1) is 19.3 Å². The van der Waals surface area contributed by atoms with Crippen LogP contribution in [0.25, 0.3) is 0 Å². The molecule has 15 nitrogen and oxygen atoms in total. The van der Waals surface area contributed by atoms with Crippen LogP contribution in [0.5, 0.6) is 0 Å². The van der Waals surface area contributed by atoms with Gasteiger partial charge in [0, 0.05) is 126 Å². The normalized spacial score (nSPS) is 22.1. The average molecular weight is 1170 g/mol. The summed E-state index contributed by atoms with van der Waals surface area (Å²) in [7, 11) is -3.27. The molecule has 4 saturated heterocycles. The molecule has 5 atom stereocenters. The van der Waals surface area contributed by atoms with Crippen molar-refractivity contribution in [2.75, 3.05) is 98.4 Å². The van der Waals surface area contributed by atoms with Crippen LogP contribution in [0.4, 0.5) is 4.39 Å². The number of nitrogens with one attached hydrogen (secondary N) is 3. The number of nitrogens with zero attached hydrogens (tertiary/aromatic N) is 4. The third-order valence-corrected chi connectivity index (χ3v) is 15.1. The van der Waals surface area contributed by atoms with Crippen LogP contribution < -0.4 is 33.2 Å². The fourth-order valence-electron chi connectivity index (χ4n) is 9.01. The Kier molecular flexibility index (Phi) is 66.7. The van der Waals surface area contributed by atoms with Crippen LogP contribution in [0, 0.1) is 23.7 Å². The lowest BCUT2D eigenvalue weighted by atomic mass is 9.78. The van der Waals surface area contributed by atoms with Gasteiger partial charge >= 0.3 is 7.60 Å². The molecule has 2 aliphatic carbocycles. The van der Waals surface area contributed by atoms with Gasteiger partial charge in [-0.15, -0.1) is 0 Å². The number of aliphatic hydroxyl groups is 2. The average Bonchev–Trinajstić information content (AvgIpc) is 4.04. The predicted molar refractivity (Wildman–Crippen MR) is 353 cm³/mol. The molecule has 0 spiro atoms. The summed E-state index contributed by atoms with van der Waals surface area (Å²) < 4.78 is 28.5. The molecule has 4 aliphatic heterocycles. The molecule has 4 heterocycles. The highest BCUT2D eigenvalue weighted by atomic mass is 31.2. The number of hydrogen-bond acceptors (Lipinski definition) is 14. The molecule has 6 aliphatic rings. The number of hydrogen-bond donors (Lipinski definition) is 9. The van der Waals surface area contributed by atoms with Gasteiger partial charge in [0.1, 0.15) is 6.17 Å². The van der Waals surface area contributed by atoms with Crippen molar-refractivity contribution in [2.24, 2.45) is 40.9 Å². The molecular weight excluding hydrogens is 1010 g/mol. The Labute approximate surface area is 495 Å². The van der Waals surface area contributed by atoms with Gasteiger partial charge in [0.15, 0.2) is 0 Å². The zero-order chi connectivity index (χ0) is 56.3. The number of aliphatic hydroxyl groups excluding tert-OH is 2. The molecule has 6 fully saturated rings. The number of halogens is 1. The molecule has 6 rings (SSSR count). The summed E-state index contributed by atoms with van der Waals surface area (Å²) in [5.41, 5.74) is 17.0. The van der Waals surface area contributed by atoms with Crippen molar-refractivity contribution >= 4 is 7.60 Å². The summed E-state index contributed by atoms with van der Waals surface area (Å²) in [4.78, 5) is 18.0. The summed E-state index contributed by atoms with van der Waals surface area (Å²) in [6.45, 7) is 47.3. The topological polar surface area (TPSA) is 214 Å². The highest BCUT2D eigenvalue weighted by molar-refractivity contribution is 7.51. The zero-order valence-corrected chi connectivity index (χ0v) is 51.5. The lowest BCUT2D eigenvalue weighted by Gasteiger charge is -2.41. The summed E-state index contributed by atoms with van der Waals surface area (Å²) in [5.74, 6) is 4.04. The van der Waals surface area contributed by atoms with Gasteiger partial charge in [-0.05, 0) is 111 Å². The Bertz CT molecular complexity index is 1270. The van der Waals surface area contributed by atoms with E-state index in [1.165, 1.54) is 84.0 Å². The zero-order valence-electron chi connectivity index (χ0n) is 50.6. The predicted octanol–water partition coefficient (Wildman–Crippen LogP) is 11.2. The molecule has 0 aromatic rings. The van der Waals surface area contributed by atoms with E-state index in [0.29, 0.717) is 74.5 Å². The van der Waals surface area contributed by atoms with Crippen LogP contribution in [0.1, 0.15) is 220 Å². The molecule has 5 unspecified atom stereocenters. The van der Waals surface area contributed by atoms with E-state index >= 15 is 0 Å². The fourth-order valence-corrected chi connectivity index (χ4v) is 9.69. The number of rotatable bonds is 17. The first kappa shape index (κ1) is 95.0. The summed E-state index contributed by atoms with van der Waals surface area (Å²) in [6.07, 6.45) is 13.3. The first-order chi connectivity index (χ1) is 34.0. The van der Waals surface area contributed by atoms with Gasteiger partial charge in [0.25, 0.3) is 0 Å². The molecule has 0 aromatic heterocycles. The van der Waals surface area contributed by atoms with Gasteiger partial charge < -0.3 is 52.8 Å². The van der Waals surface area contributed by atoms with Crippen LogP contribution in [-0.4, -0.2) is 200 Å². The summed E-state index contributed by atoms with van der Waals surface area (Å²) >= 11 is 0.